The Labute approximate surface area is 98.6 Å². The standard InChI is InChI=1S/C11H12F3NOS/c1-17(4-5-17)7-10(16)8-6-15-3-2-9(8)11(12,13)14/h2-3,6H,4-5,7H2,1H3. The average Bonchev–Trinajstić information content (AvgIpc) is 2.95. The van der Waals surface area contributed by atoms with Gasteiger partial charge in [0.05, 0.1) is 5.56 Å². The highest BCUT2D eigenvalue weighted by atomic mass is 32.3. The number of nitrogens with zero attached hydrogens (tertiary/aromatic N) is 1. The van der Waals surface area contributed by atoms with E-state index in [4.69, 9.17) is 0 Å². The molecule has 2 heterocycles. The Hall–Kier alpha value is -1.04. The predicted molar refractivity (Wildman–Crippen MR) is 61.7 cm³/mol. The summed E-state index contributed by atoms with van der Waals surface area (Å²) in [6.07, 6.45) is -0.413. The van der Waals surface area contributed by atoms with Crippen LogP contribution in [-0.4, -0.2) is 34.3 Å². The van der Waals surface area contributed by atoms with Gasteiger partial charge < -0.3 is 0 Å². The maximum atomic E-state index is 12.7. The number of aromatic nitrogens is 1. The fourth-order valence-electron chi connectivity index (χ4n) is 1.54. The summed E-state index contributed by atoms with van der Waals surface area (Å²) in [5.41, 5.74) is -1.17. The molecule has 1 aromatic heterocycles. The van der Waals surface area contributed by atoms with E-state index in [0.29, 0.717) is 0 Å². The molecule has 1 saturated heterocycles. The summed E-state index contributed by atoms with van der Waals surface area (Å²) in [5.74, 6) is 1.79. The van der Waals surface area contributed by atoms with Crippen LogP contribution in [-0.2, 0) is 6.18 Å². The maximum Gasteiger partial charge on any atom is 0.417 e. The van der Waals surface area contributed by atoms with Crippen LogP contribution in [0.4, 0.5) is 13.2 Å². The molecule has 0 bridgehead atoms. The third-order valence-corrected chi connectivity index (χ3v) is 5.57. The first-order valence-electron chi connectivity index (χ1n) is 5.08. The van der Waals surface area contributed by atoms with Crippen LogP contribution in [0, 0.1) is 0 Å². The Morgan fingerprint density at radius 3 is 2.65 bits per heavy atom. The molecule has 0 unspecified atom stereocenters. The summed E-state index contributed by atoms with van der Waals surface area (Å²) in [6, 6.07) is 0.859. The highest BCUT2D eigenvalue weighted by Crippen LogP contribution is 2.58. The summed E-state index contributed by atoms with van der Waals surface area (Å²) in [7, 11) is -0.928. The van der Waals surface area contributed by atoms with E-state index in [1.807, 2.05) is 6.26 Å². The van der Waals surface area contributed by atoms with Gasteiger partial charge in [-0.1, -0.05) is 0 Å². The molecule has 0 aliphatic carbocycles. The Bertz CT molecular complexity index is 454. The number of carbonyl (C=O) groups is 1. The molecule has 0 spiro atoms. The van der Waals surface area contributed by atoms with Crippen molar-refractivity contribution in [1.82, 2.24) is 4.98 Å². The Morgan fingerprint density at radius 2 is 2.12 bits per heavy atom. The summed E-state index contributed by atoms with van der Waals surface area (Å²) < 4.78 is 38.1. The molecule has 0 saturated carbocycles. The smallest absolute Gasteiger partial charge is 0.293 e. The van der Waals surface area contributed by atoms with Crippen molar-refractivity contribution in [3.05, 3.63) is 29.6 Å². The quantitative estimate of drug-likeness (QED) is 0.620. The van der Waals surface area contributed by atoms with E-state index in [9.17, 15) is 18.0 Å². The molecule has 6 heteroatoms. The van der Waals surface area contributed by atoms with E-state index in [2.05, 4.69) is 4.98 Å². The first-order chi connectivity index (χ1) is 7.82. The largest absolute Gasteiger partial charge is 0.417 e. The van der Waals surface area contributed by atoms with Crippen molar-refractivity contribution in [2.24, 2.45) is 0 Å². The van der Waals surface area contributed by atoms with Gasteiger partial charge in [0, 0.05) is 23.7 Å². The van der Waals surface area contributed by atoms with Gasteiger partial charge in [0.1, 0.15) is 0 Å². The normalized spacial score (nSPS) is 19.8. The minimum Gasteiger partial charge on any atom is -0.293 e. The molecule has 0 aromatic carbocycles. The minimum atomic E-state index is -4.49. The lowest BCUT2D eigenvalue weighted by Crippen LogP contribution is -2.16. The Balaban J connectivity index is 2.28. The third kappa shape index (κ3) is 2.80. The van der Waals surface area contributed by atoms with Crippen LogP contribution in [0.3, 0.4) is 0 Å². The molecule has 1 aliphatic heterocycles. The van der Waals surface area contributed by atoms with Crippen LogP contribution < -0.4 is 0 Å². The van der Waals surface area contributed by atoms with Crippen molar-refractivity contribution in [3.8, 4) is 0 Å². The number of pyridine rings is 1. The molecular weight excluding hydrogens is 251 g/mol. The number of ketones is 1. The van der Waals surface area contributed by atoms with E-state index in [1.54, 1.807) is 0 Å². The monoisotopic (exact) mass is 263 g/mol. The topological polar surface area (TPSA) is 30.0 Å². The number of Topliss-reactive ketones (excluding diaryl/α,β-unsaturated/α-hetero) is 1. The first-order valence-corrected chi connectivity index (χ1v) is 7.62. The lowest BCUT2D eigenvalue weighted by Gasteiger charge is -2.15. The molecule has 2 nitrogen and oxygen atoms in total. The second kappa shape index (κ2) is 4.01. The van der Waals surface area contributed by atoms with E-state index in [-0.39, 0.29) is 11.3 Å². The minimum absolute atomic E-state index is 0.252. The van der Waals surface area contributed by atoms with Crippen LogP contribution in [0.15, 0.2) is 18.5 Å². The van der Waals surface area contributed by atoms with Gasteiger partial charge in [0.25, 0.3) is 0 Å². The maximum absolute atomic E-state index is 12.7. The summed E-state index contributed by atoms with van der Waals surface area (Å²) >= 11 is 0. The number of alkyl halides is 3. The number of carbonyl (C=O) groups excluding carboxylic acids is 1. The van der Waals surface area contributed by atoms with E-state index in [0.717, 1.165) is 30.0 Å². The number of hydrogen-bond donors (Lipinski definition) is 0. The average molecular weight is 263 g/mol. The van der Waals surface area contributed by atoms with Crippen molar-refractivity contribution < 1.29 is 18.0 Å². The lowest BCUT2D eigenvalue weighted by molar-refractivity contribution is -0.138. The molecule has 2 rings (SSSR count). The van der Waals surface area contributed by atoms with Gasteiger partial charge in [0.15, 0.2) is 5.78 Å². The van der Waals surface area contributed by atoms with Gasteiger partial charge in [-0.2, -0.15) is 13.2 Å². The fraction of sp³-hybridized carbons (Fsp3) is 0.455. The Kier molecular flexibility index (Phi) is 2.93. The SMILES string of the molecule is CS1(CC(=O)c2cnccc2C(F)(F)F)CC1. The van der Waals surface area contributed by atoms with Gasteiger partial charge in [-0.3, -0.25) is 9.78 Å². The Morgan fingerprint density at radius 1 is 1.47 bits per heavy atom. The molecule has 0 N–H and O–H groups in total. The third-order valence-electron chi connectivity index (χ3n) is 2.81. The van der Waals surface area contributed by atoms with Gasteiger partial charge in [-0.25, -0.2) is 10.0 Å². The highest BCUT2D eigenvalue weighted by molar-refractivity contribution is 8.39. The number of rotatable bonds is 3. The molecule has 1 aliphatic rings. The molecule has 17 heavy (non-hydrogen) atoms. The van der Waals surface area contributed by atoms with E-state index in [1.165, 1.54) is 0 Å². The second-order valence-electron chi connectivity index (χ2n) is 4.37. The van der Waals surface area contributed by atoms with Crippen LogP contribution in [0.5, 0.6) is 0 Å². The molecule has 0 atom stereocenters. The van der Waals surface area contributed by atoms with Crippen molar-refractivity contribution in [2.45, 2.75) is 6.18 Å². The molecular formula is C11H12F3NOS. The first kappa shape index (κ1) is 12.4. The zero-order chi connectivity index (χ0) is 12.7. The molecule has 1 aromatic rings. The summed E-state index contributed by atoms with van der Waals surface area (Å²) in [4.78, 5) is 15.5. The van der Waals surface area contributed by atoms with Gasteiger partial charge >= 0.3 is 6.18 Å². The predicted octanol–water partition coefficient (Wildman–Crippen LogP) is 2.73. The molecule has 1 fully saturated rings. The zero-order valence-corrected chi connectivity index (χ0v) is 10.1. The van der Waals surface area contributed by atoms with Crippen LogP contribution in [0.1, 0.15) is 15.9 Å². The van der Waals surface area contributed by atoms with Crippen LogP contribution in [0.25, 0.3) is 0 Å². The lowest BCUT2D eigenvalue weighted by atomic mass is 10.1. The zero-order valence-electron chi connectivity index (χ0n) is 9.25. The van der Waals surface area contributed by atoms with Gasteiger partial charge in [-0.15, -0.1) is 0 Å². The molecule has 0 radical (unpaired) electrons. The van der Waals surface area contributed by atoms with Crippen molar-refractivity contribution in [3.63, 3.8) is 0 Å². The highest BCUT2D eigenvalue weighted by Gasteiger charge is 2.38. The van der Waals surface area contributed by atoms with Crippen molar-refractivity contribution in [2.75, 3.05) is 23.5 Å². The second-order valence-corrected chi connectivity index (χ2v) is 8.44. The van der Waals surface area contributed by atoms with Crippen molar-refractivity contribution in [1.29, 1.82) is 0 Å². The fourth-order valence-corrected chi connectivity index (χ4v) is 3.76. The van der Waals surface area contributed by atoms with Crippen molar-refractivity contribution >= 4 is 15.8 Å². The molecule has 0 amide bonds. The number of hydrogen-bond acceptors (Lipinski definition) is 2. The van der Waals surface area contributed by atoms with Crippen LogP contribution in [0.2, 0.25) is 0 Å². The summed E-state index contributed by atoms with van der Waals surface area (Å²) in [5, 5.41) is 0. The number of halogens is 3. The van der Waals surface area contributed by atoms with Gasteiger partial charge in [-0.05, 0) is 23.8 Å². The molecule has 94 valence electrons. The van der Waals surface area contributed by atoms with E-state index < -0.39 is 27.6 Å². The van der Waals surface area contributed by atoms with E-state index >= 15 is 0 Å². The summed E-state index contributed by atoms with van der Waals surface area (Å²) in [6.45, 7) is 0. The van der Waals surface area contributed by atoms with Gasteiger partial charge in [0.2, 0.25) is 0 Å². The van der Waals surface area contributed by atoms with Crippen LogP contribution >= 0.6 is 10.0 Å².